The molecular formula is C6H13O10P. The van der Waals surface area contributed by atoms with E-state index >= 15 is 0 Å². The lowest BCUT2D eigenvalue weighted by molar-refractivity contribution is -0.336. The minimum Gasteiger partial charge on any atom is -0.387 e. The molecule has 1 fully saturated rings. The Kier molecular flexibility index (Phi) is 3.97. The zero-order chi connectivity index (χ0) is 13.6. The van der Waals surface area contributed by atoms with Crippen molar-refractivity contribution in [2.45, 2.75) is 36.3 Å². The molecule has 4 unspecified atom stereocenters. The lowest BCUT2D eigenvalue weighted by Crippen LogP contribution is -2.71. The summed E-state index contributed by atoms with van der Waals surface area (Å²) < 4.78 is 14.3. The van der Waals surface area contributed by atoms with Crippen LogP contribution in [0.4, 0.5) is 0 Å². The summed E-state index contributed by atoms with van der Waals surface area (Å²) in [4.78, 5) is 17.0. The first-order valence-corrected chi connectivity index (χ1v) is 5.92. The van der Waals surface area contributed by atoms with Crippen molar-refractivity contribution in [3.8, 4) is 0 Å². The van der Waals surface area contributed by atoms with Crippen LogP contribution in [-0.2, 0) is 9.09 Å². The Morgan fingerprint density at radius 2 is 1.24 bits per heavy atom. The minimum absolute atomic E-state index is 2.01. The third-order valence-corrected chi connectivity index (χ3v) is 2.99. The number of phosphoric ester groups is 1. The van der Waals surface area contributed by atoms with Crippen LogP contribution in [0.15, 0.2) is 0 Å². The van der Waals surface area contributed by atoms with Gasteiger partial charge in [-0.15, -0.1) is 0 Å². The quantitative estimate of drug-likeness (QED) is 0.180. The highest BCUT2D eigenvalue weighted by Gasteiger charge is 2.61. The van der Waals surface area contributed by atoms with Gasteiger partial charge in [0.05, 0.1) is 0 Å². The molecule has 11 heteroatoms. The number of hydrogen-bond donors (Lipinski definition) is 8. The van der Waals surface area contributed by atoms with Crippen LogP contribution in [0.25, 0.3) is 0 Å². The van der Waals surface area contributed by atoms with Crippen molar-refractivity contribution in [1.82, 2.24) is 0 Å². The standard InChI is InChI=1S/C6H13O10P/c7-1-2(8)4(10)6(12,5(11)3(1)9)16-17(13,14)15/h1-5,7-12H,(H2,13,14,15). The molecule has 0 heterocycles. The number of phosphoric acid groups is 1. The first-order valence-electron chi connectivity index (χ1n) is 4.39. The Balaban J connectivity index is 3.08. The fourth-order valence-corrected chi connectivity index (χ4v) is 2.14. The molecule has 0 radical (unpaired) electrons. The first-order chi connectivity index (χ1) is 7.50. The maximum atomic E-state index is 10.6. The van der Waals surface area contributed by atoms with Gasteiger partial charge in [0, 0.05) is 0 Å². The maximum Gasteiger partial charge on any atom is 0.472 e. The summed E-state index contributed by atoms with van der Waals surface area (Å²) in [6.45, 7) is 0. The summed E-state index contributed by atoms with van der Waals surface area (Å²) in [7, 11) is -5.32. The van der Waals surface area contributed by atoms with Crippen LogP contribution in [0, 0.1) is 0 Å². The van der Waals surface area contributed by atoms with Gasteiger partial charge in [-0.1, -0.05) is 0 Å². The normalized spacial score (nSPS) is 48.1. The molecule has 0 aromatic carbocycles. The molecule has 0 bridgehead atoms. The summed E-state index contributed by atoms with van der Waals surface area (Å²) in [5.74, 6) is -3.31. The van der Waals surface area contributed by atoms with Crippen molar-refractivity contribution in [2.75, 3.05) is 0 Å². The van der Waals surface area contributed by atoms with Gasteiger partial charge in [0.1, 0.15) is 30.5 Å². The molecule has 8 N–H and O–H groups in total. The van der Waals surface area contributed by atoms with E-state index in [-0.39, 0.29) is 0 Å². The van der Waals surface area contributed by atoms with Gasteiger partial charge in [-0.2, -0.15) is 0 Å². The number of aliphatic hydroxyl groups is 6. The van der Waals surface area contributed by atoms with E-state index in [1.165, 1.54) is 0 Å². The average Bonchev–Trinajstić information content (AvgIpc) is 2.19. The third kappa shape index (κ3) is 2.66. The summed E-state index contributed by atoms with van der Waals surface area (Å²) >= 11 is 0. The van der Waals surface area contributed by atoms with E-state index in [4.69, 9.17) is 14.9 Å². The fraction of sp³-hybridized carbons (Fsp3) is 1.00. The second kappa shape index (κ2) is 4.52. The molecule has 1 saturated carbocycles. The van der Waals surface area contributed by atoms with Gasteiger partial charge in [0.25, 0.3) is 0 Å². The smallest absolute Gasteiger partial charge is 0.387 e. The molecule has 0 aromatic rings. The minimum atomic E-state index is -5.32. The van der Waals surface area contributed by atoms with E-state index in [0.29, 0.717) is 0 Å². The second-order valence-electron chi connectivity index (χ2n) is 3.70. The predicted octanol–water partition coefficient (Wildman–Crippen LogP) is -4.40. The van der Waals surface area contributed by atoms with Crippen LogP contribution in [0.1, 0.15) is 0 Å². The lowest BCUT2D eigenvalue weighted by Gasteiger charge is -2.46. The summed E-state index contributed by atoms with van der Waals surface area (Å²) in [6.07, 6.45) is -11.2. The Bertz CT molecular complexity index is 311. The van der Waals surface area contributed by atoms with E-state index in [0.717, 1.165) is 0 Å². The highest BCUT2D eigenvalue weighted by molar-refractivity contribution is 7.46. The van der Waals surface area contributed by atoms with Crippen LogP contribution in [0.3, 0.4) is 0 Å². The molecule has 0 aliphatic heterocycles. The molecule has 17 heavy (non-hydrogen) atoms. The largest absolute Gasteiger partial charge is 0.472 e. The van der Waals surface area contributed by atoms with Gasteiger partial charge in [-0.25, -0.2) is 9.09 Å². The highest BCUT2D eigenvalue weighted by Crippen LogP contribution is 2.45. The monoisotopic (exact) mass is 276 g/mol. The zero-order valence-electron chi connectivity index (χ0n) is 8.23. The van der Waals surface area contributed by atoms with Gasteiger partial charge in [0.15, 0.2) is 0 Å². The Morgan fingerprint density at radius 3 is 1.53 bits per heavy atom. The fourth-order valence-electron chi connectivity index (χ4n) is 1.54. The molecule has 4 atom stereocenters. The topological polar surface area (TPSA) is 188 Å². The third-order valence-electron chi connectivity index (χ3n) is 2.46. The van der Waals surface area contributed by atoms with E-state index in [2.05, 4.69) is 4.52 Å². The maximum absolute atomic E-state index is 10.6. The van der Waals surface area contributed by atoms with Crippen LogP contribution in [0.2, 0.25) is 0 Å². The summed E-state index contributed by atoms with van der Waals surface area (Å²) in [6, 6.07) is 0. The molecule has 1 aliphatic carbocycles. The van der Waals surface area contributed by atoms with E-state index in [9.17, 15) is 30.1 Å². The van der Waals surface area contributed by atoms with Crippen molar-refractivity contribution in [3.05, 3.63) is 0 Å². The zero-order valence-corrected chi connectivity index (χ0v) is 9.12. The van der Waals surface area contributed by atoms with Crippen molar-refractivity contribution >= 4 is 7.82 Å². The molecule has 102 valence electrons. The first kappa shape index (κ1) is 14.9. The molecular weight excluding hydrogens is 263 g/mol. The number of hydrogen-bond acceptors (Lipinski definition) is 8. The van der Waals surface area contributed by atoms with Gasteiger partial charge in [0.2, 0.25) is 5.79 Å². The van der Waals surface area contributed by atoms with Gasteiger partial charge in [-0.05, 0) is 0 Å². The van der Waals surface area contributed by atoms with Crippen LogP contribution >= 0.6 is 7.82 Å². The van der Waals surface area contributed by atoms with Crippen molar-refractivity contribution in [3.63, 3.8) is 0 Å². The van der Waals surface area contributed by atoms with Crippen LogP contribution in [0.5, 0.6) is 0 Å². The summed E-state index contributed by atoms with van der Waals surface area (Å²) in [5.41, 5.74) is 0. The highest BCUT2D eigenvalue weighted by atomic mass is 31.2. The van der Waals surface area contributed by atoms with Gasteiger partial charge in [-0.3, -0.25) is 0 Å². The molecule has 10 nitrogen and oxygen atoms in total. The number of rotatable bonds is 2. The lowest BCUT2D eigenvalue weighted by atomic mass is 9.82. The van der Waals surface area contributed by atoms with Gasteiger partial charge < -0.3 is 40.4 Å². The van der Waals surface area contributed by atoms with Crippen molar-refractivity contribution in [2.24, 2.45) is 0 Å². The predicted molar refractivity (Wildman–Crippen MR) is 48.1 cm³/mol. The van der Waals surface area contributed by atoms with Crippen LogP contribution in [-0.4, -0.2) is 76.7 Å². The SMILES string of the molecule is O=P(O)(O)OC1(O)C(O)C(O)C(O)C(O)C1O. The second-order valence-corrected chi connectivity index (χ2v) is 4.86. The molecule has 0 saturated heterocycles. The molecule has 0 spiro atoms. The molecule has 1 aliphatic rings. The summed E-state index contributed by atoms with van der Waals surface area (Å²) in [5, 5.41) is 55.7. The van der Waals surface area contributed by atoms with Crippen LogP contribution < -0.4 is 0 Å². The average molecular weight is 276 g/mol. The molecule has 0 aromatic heterocycles. The molecule has 1 rings (SSSR count). The van der Waals surface area contributed by atoms with Crippen molar-refractivity contribution in [1.29, 1.82) is 0 Å². The Morgan fingerprint density at radius 1 is 0.882 bits per heavy atom. The van der Waals surface area contributed by atoms with Gasteiger partial charge >= 0.3 is 7.82 Å². The van der Waals surface area contributed by atoms with E-state index in [1.807, 2.05) is 0 Å². The van der Waals surface area contributed by atoms with E-state index in [1.54, 1.807) is 0 Å². The number of aliphatic hydroxyl groups excluding tert-OH is 5. The van der Waals surface area contributed by atoms with Crippen molar-refractivity contribution < 1.29 is 49.5 Å². The Labute approximate surface area is 94.6 Å². The Hall–Kier alpha value is -0.130. The van der Waals surface area contributed by atoms with E-state index < -0.39 is 44.1 Å². The molecule has 0 amide bonds.